The zero-order valence-corrected chi connectivity index (χ0v) is 10.7. The Morgan fingerprint density at radius 2 is 1.88 bits per heavy atom. The highest BCUT2D eigenvalue weighted by Crippen LogP contribution is 2.27. The van der Waals surface area contributed by atoms with Crippen molar-refractivity contribution in [1.29, 1.82) is 0 Å². The van der Waals surface area contributed by atoms with Crippen molar-refractivity contribution >= 4 is 5.97 Å². The van der Waals surface area contributed by atoms with Crippen LogP contribution in [0.3, 0.4) is 0 Å². The Bertz CT molecular complexity index is 396. The second-order valence-corrected chi connectivity index (χ2v) is 4.75. The highest BCUT2D eigenvalue weighted by molar-refractivity contribution is 5.78. The molecular formula is C13H19NO3. The normalized spacial score (nSPS) is 13.0. The number of para-hydroxylation sites is 1. The number of rotatable bonds is 3. The second kappa shape index (κ2) is 5.19. The number of hydrogen-bond acceptors (Lipinski definition) is 4. The van der Waals surface area contributed by atoms with Gasteiger partial charge in [0.25, 0.3) is 0 Å². The van der Waals surface area contributed by atoms with E-state index in [2.05, 4.69) is 4.74 Å². The summed E-state index contributed by atoms with van der Waals surface area (Å²) in [6.45, 7) is 5.81. The Morgan fingerprint density at radius 3 is 2.41 bits per heavy atom. The van der Waals surface area contributed by atoms with Gasteiger partial charge in [0.15, 0.2) is 0 Å². The summed E-state index contributed by atoms with van der Waals surface area (Å²) in [5.41, 5.74) is 6.11. The Hall–Kier alpha value is -1.55. The standard InChI is InChI=1S/C13H19NO3/c1-13(2,3)17-10-8-6-5-7-9(10)11(14)12(15)16-4/h5-8,11H,14H2,1-4H3. The first-order chi connectivity index (χ1) is 7.85. The first kappa shape index (κ1) is 13.5. The second-order valence-electron chi connectivity index (χ2n) is 4.75. The van der Waals surface area contributed by atoms with Crippen molar-refractivity contribution in [2.45, 2.75) is 32.4 Å². The average molecular weight is 237 g/mol. The van der Waals surface area contributed by atoms with Gasteiger partial charge in [0.05, 0.1) is 7.11 Å². The van der Waals surface area contributed by atoms with Gasteiger partial charge in [-0.15, -0.1) is 0 Å². The largest absolute Gasteiger partial charge is 0.488 e. The van der Waals surface area contributed by atoms with Crippen LogP contribution in [-0.4, -0.2) is 18.7 Å². The fraction of sp³-hybridized carbons (Fsp3) is 0.462. The average Bonchev–Trinajstić information content (AvgIpc) is 2.25. The van der Waals surface area contributed by atoms with Crippen molar-refractivity contribution in [3.8, 4) is 5.75 Å². The van der Waals surface area contributed by atoms with Crippen molar-refractivity contribution in [3.63, 3.8) is 0 Å². The van der Waals surface area contributed by atoms with Crippen molar-refractivity contribution in [1.82, 2.24) is 0 Å². The molecule has 0 aliphatic heterocycles. The summed E-state index contributed by atoms with van der Waals surface area (Å²) in [5, 5.41) is 0. The fourth-order valence-corrected chi connectivity index (χ4v) is 1.41. The number of benzene rings is 1. The maximum absolute atomic E-state index is 11.4. The molecule has 17 heavy (non-hydrogen) atoms. The first-order valence-electron chi connectivity index (χ1n) is 5.46. The maximum Gasteiger partial charge on any atom is 0.327 e. The van der Waals surface area contributed by atoms with Gasteiger partial charge in [-0.1, -0.05) is 18.2 Å². The van der Waals surface area contributed by atoms with E-state index in [9.17, 15) is 4.79 Å². The van der Waals surface area contributed by atoms with E-state index in [1.165, 1.54) is 7.11 Å². The quantitative estimate of drug-likeness (QED) is 0.817. The van der Waals surface area contributed by atoms with Gasteiger partial charge >= 0.3 is 5.97 Å². The minimum Gasteiger partial charge on any atom is -0.488 e. The summed E-state index contributed by atoms with van der Waals surface area (Å²) in [5.74, 6) is 0.132. The molecule has 2 N–H and O–H groups in total. The molecule has 1 rings (SSSR count). The van der Waals surface area contributed by atoms with E-state index >= 15 is 0 Å². The molecule has 0 spiro atoms. The number of carbonyl (C=O) groups excluding carboxylic acids is 1. The molecule has 1 aromatic carbocycles. The van der Waals surface area contributed by atoms with Gasteiger partial charge in [0.2, 0.25) is 0 Å². The molecule has 0 saturated carbocycles. The zero-order valence-electron chi connectivity index (χ0n) is 10.7. The van der Waals surface area contributed by atoms with E-state index < -0.39 is 12.0 Å². The molecule has 0 aromatic heterocycles. The predicted octanol–water partition coefficient (Wildman–Crippen LogP) is 2.04. The van der Waals surface area contributed by atoms with Crippen LogP contribution in [0.1, 0.15) is 32.4 Å². The Morgan fingerprint density at radius 1 is 1.29 bits per heavy atom. The van der Waals surface area contributed by atoms with E-state index in [-0.39, 0.29) is 5.60 Å². The van der Waals surface area contributed by atoms with Gasteiger partial charge in [0, 0.05) is 5.56 Å². The monoisotopic (exact) mass is 237 g/mol. The lowest BCUT2D eigenvalue weighted by molar-refractivity contribution is -0.142. The summed E-state index contributed by atoms with van der Waals surface area (Å²) in [4.78, 5) is 11.4. The summed E-state index contributed by atoms with van der Waals surface area (Å²) >= 11 is 0. The minimum atomic E-state index is -0.821. The summed E-state index contributed by atoms with van der Waals surface area (Å²) in [6, 6.07) is 6.40. The van der Waals surface area contributed by atoms with E-state index in [1.54, 1.807) is 12.1 Å². The van der Waals surface area contributed by atoms with Gasteiger partial charge in [0.1, 0.15) is 17.4 Å². The zero-order chi connectivity index (χ0) is 13.1. The van der Waals surface area contributed by atoms with Crippen LogP contribution in [0.4, 0.5) is 0 Å². The van der Waals surface area contributed by atoms with Crippen LogP contribution in [0.25, 0.3) is 0 Å². The molecule has 0 aliphatic rings. The van der Waals surface area contributed by atoms with E-state index in [0.29, 0.717) is 11.3 Å². The maximum atomic E-state index is 11.4. The van der Waals surface area contributed by atoms with Crippen LogP contribution in [0.15, 0.2) is 24.3 Å². The van der Waals surface area contributed by atoms with Gasteiger partial charge in [-0.05, 0) is 26.8 Å². The topological polar surface area (TPSA) is 61.5 Å². The van der Waals surface area contributed by atoms with Gasteiger partial charge < -0.3 is 15.2 Å². The lowest BCUT2D eigenvalue weighted by atomic mass is 10.1. The Balaban J connectivity index is 3.03. The lowest BCUT2D eigenvalue weighted by Gasteiger charge is -2.24. The number of carbonyl (C=O) groups is 1. The third-order valence-electron chi connectivity index (χ3n) is 2.13. The van der Waals surface area contributed by atoms with Gasteiger partial charge in [-0.25, -0.2) is 0 Å². The number of ether oxygens (including phenoxy) is 2. The Labute approximate surface area is 102 Å². The van der Waals surface area contributed by atoms with Crippen LogP contribution in [0.5, 0.6) is 5.75 Å². The molecule has 94 valence electrons. The van der Waals surface area contributed by atoms with Crippen LogP contribution in [-0.2, 0) is 9.53 Å². The molecule has 4 nitrogen and oxygen atoms in total. The number of nitrogens with two attached hydrogens (primary N) is 1. The van der Waals surface area contributed by atoms with Crippen molar-refractivity contribution in [3.05, 3.63) is 29.8 Å². The third-order valence-corrected chi connectivity index (χ3v) is 2.13. The number of esters is 1. The molecule has 1 unspecified atom stereocenters. The number of hydrogen-bond donors (Lipinski definition) is 1. The fourth-order valence-electron chi connectivity index (χ4n) is 1.41. The molecule has 0 heterocycles. The molecule has 0 radical (unpaired) electrons. The predicted molar refractivity (Wildman–Crippen MR) is 65.8 cm³/mol. The smallest absolute Gasteiger partial charge is 0.327 e. The molecule has 0 fully saturated rings. The SMILES string of the molecule is COC(=O)C(N)c1ccccc1OC(C)(C)C. The summed E-state index contributed by atoms with van der Waals surface area (Å²) in [7, 11) is 1.31. The van der Waals surface area contributed by atoms with Gasteiger partial charge in [-0.2, -0.15) is 0 Å². The number of methoxy groups -OCH3 is 1. The molecule has 4 heteroatoms. The van der Waals surface area contributed by atoms with Crippen molar-refractivity contribution in [2.24, 2.45) is 5.73 Å². The summed E-state index contributed by atoms with van der Waals surface area (Å²) < 4.78 is 10.4. The van der Waals surface area contributed by atoms with Crippen LogP contribution in [0, 0.1) is 0 Å². The van der Waals surface area contributed by atoms with Gasteiger partial charge in [-0.3, -0.25) is 4.79 Å². The minimum absolute atomic E-state index is 0.341. The molecule has 0 amide bonds. The molecule has 1 aromatic rings. The molecule has 0 bridgehead atoms. The molecular weight excluding hydrogens is 218 g/mol. The van der Waals surface area contributed by atoms with Crippen molar-refractivity contribution in [2.75, 3.05) is 7.11 Å². The lowest BCUT2D eigenvalue weighted by Crippen LogP contribution is -2.27. The Kier molecular flexibility index (Phi) is 4.12. The van der Waals surface area contributed by atoms with Crippen LogP contribution >= 0.6 is 0 Å². The highest BCUT2D eigenvalue weighted by Gasteiger charge is 2.22. The highest BCUT2D eigenvalue weighted by atomic mass is 16.5. The van der Waals surface area contributed by atoms with E-state index in [1.807, 2.05) is 32.9 Å². The first-order valence-corrected chi connectivity index (χ1v) is 5.46. The van der Waals surface area contributed by atoms with Crippen molar-refractivity contribution < 1.29 is 14.3 Å². The van der Waals surface area contributed by atoms with Crippen LogP contribution in [0.2, 0.25) is 0 Å². The molecule has 0 saturated heterocycles. The van der Waals surface area contributed by atoms with E-state index in [4.69, 9.17) is 10.5 Å². The molecule has 0 aliphatic carbocycles. The van der Waals surface area contributed by atoms with Crippen LogP contribution < -0.4 is 10.5 Å². The third kappa shape index (κ3) is 3.75. The van der Waals surface area contributed by atoms with E-state index in [0.717, 1.165) is 0 Å². The summed E-state index contributed by atoms with van der Waals surface area (Å²) in [6.07, 6.45) is 0. The molecule has 1 atom stereocenters.